The molecule has 9 amide bonds. The highest BCUT2D eigenvalue weighted by Crippen LogP contribution is 2.21. The van der Waals surface area contributed by atoms with Crippen LogP contribution in [-0.4, -0.2) is 178 Å². The summed E-state index contributed by atoms with van der Waals surface area (Å²) in [6, 6.07) is 2.84. The molecule has 0 fully saturated rings. The van der Waals surface area contributed by atoms with Gasteiger partial charge < -0.3 is 96.2 Å². The summed E-state index contributed by atoms with van der Waals surface area (Å²) in [5.74, 6) is -10.5. The molecule has 0 aliphatic heterocycles. The number of benzene rings is 2. The molecule has 484 valence electrons. The number of thiol groups is 1. The van der Waals surface area contributed by atoms with E-state index in [1.807, 2.05) is 0 Å². The predicted octanol–water partition coefficient (Wildman–Crippen LogP) is -3.41. The van der Waals surface area contributed by atoms with E-state index in [1.54, 1.807) is 81.6 Å². The van der Waals surface area contributed by atoms with E-state index in [4.69, 9.17) is 33.4 Å². The van der Waals surface area contributed by atoms with Crippen molar-refractivity contribution in [3.8, 4) is 0 Å². The second-order valence-electron chi connectivity index (χ2n) is 22.0. The van der Waals surface area contributed by atoms with Gasteiger partial charge in [0.25, 0.3) is 0 Å². The van der Waals surface area contributed by atoms with Crippen molar-refractivity contribution in [3.63, 3.8) is 0 Å². The average Bonchev–Trinajstić information content (AvgIpc) is 2.10. The summed E-state index contributed by atoms with van der Waals surface area (Å²) in [4.78, 5) is 140. The van der Waals surface area contributed by atoms with Crippen molar-refractivity contribution in [2.45, 2.75) is 153 Å². The normalized spacial score (nSPS) is 14.5. The molecule has 0 saturated heterocycles. The number of hydrogen-bond donors (Lipinski definition) is 22. The zero-order valence-electron chi connectivity index (χ0n) is 50.2. The summed E-state index contributed by atoms with van der Waals surface area (Å²) in [5.41, 5.74) is 17.1. The summed E-state index contributed by atoms with van der Waals surface area (Å²) in [6.45, 7) is 8.80. The highest BCUT2D eigenvalue weighted by Gasteiger charge is 2.38. The van der Waals surface area contributed by atoms with Crippen LogP contribution >= 0.6 is 12.6 Å². The van der Waals surface area contributed by atoms with Gasteiger partial charge in [0.2, 0.25) is 53.2 Å². The Labute approximate surface area is 515 Å². The van der Waals surface area contributed by atoms with E-state index in [2.05, 4.69) is 81.4 Å². The number of fused-ring (bicyclic) bond motifs is 1. The number of rotatable bonds is 36. The first-order valence-electron chi connectivity index (χ1n) is 28.5. The average molecular weight is 1250 g/mol. The molecule has 24 N–H and O–H groups in total. The number of carbonyl (C=O) groups is 10. The Morgan fingerprint density at radius 1 is 0.545 bits per heavy atom. The van der Waals surface area contributed by atoms with Gasteiger partial charge in [0.05, 0.1) is 6.10 Å². The molecule has 0 radical (unpaired) electrons. The van der Waals surface area contributed by atoms with E-state index in [1.165, 1.54) is 20.8 Å². The minimum Gasteiger partial charge on any atom is -0.480 e. The first-order chi connectivity index (χ1) is 41.4. The van der Waals surface area contributed by atoms with Crippen LogP contribution in [0.2, 0.25) is 0 Å². The maximum atomic E-state index is 14.8. The molecule has 2 aromatic carbocycles. The van der Waals surface area contributed by atoms with Crippen LogP contribution in [0.3, 0.4) is 0 Å². The fourth-order valence-corrected chi connectivity index (χ4v) is 9.18. The molecule has 3 aromatic rings. The van der Waals surface area contributed by atoms with Gasteiger partial charge in [-0.3, -0.25) is 59.4 Å². The highest BCUT2D eigenvalue weighted by atomic mass is 32.1. The second-order valence-corrected chi connectivity index (χ2v) is 22.4. The molecule has 10 atom stereocenters. The maximum absolute atomic E-state index is 14.8. The van der Waals surface area contributed by atoms with Gasteiger partial charge in [-0.05, 0) is 75.0 Å². The molecule has 32 heteroatoms. The molecule has 0 spiro atoms. The van der Waals surface area contributed by atoms with Crippen molar-refractivity contribution >= 4 is 101 Å². The van der Waals surface area contributed by atoms with E-state index < -0.39 is 125 Å². The second kappa shape index (κ2) is 36.1. The van der Waals surface area contributed by atoms with E-state index >= 15 is 0 Å². The third-order valence-electron chi connectivity index (χ3n) is 13.6. The number of aliphatic carboxylic acids is 1. The Hall–Kier alpha value is -9.20. The molecular formula is C56H87N19O12S. The Morgan fingerprint density at radius 3 is 1.43 bits per heavy atom. The van der Waals surface area contributed by atoms with Crippen LogP contribution in [0.15, 0.2) is 60.8 Å². The summed E-state index contributed by atoms with van der Waals surface area (Å²) in [6.07, 6.45) is 0.255. The number of nitrogens with two attached hydrogens (primary N) is 3. The Morgan fingerprint density at radius 2 is 0.966 bits per heavy atom. The van der Waals surface area contributed by atoms with Crippen molar-refractivity contribution in [2.24, 2.45) is 22.6 Å². The molecule has 0 aliphatic rings. The number of carboxylic acids is 1. The van der Waals surface area contributed by atoms with Crippen molar-refractivity contribution < 1.29 is 58.2 Å². The number of para-hydroxylation sites is 1. The fraction of sp³-hybridized carbons (Fsp3) is 0.518. The van der Waals surface area contributed by atoms with Gasteiger partial charge in [-0.1, -0.05) is 69.3 Å². The summed E-state index contributed by atoms with van der Waals surface area (Å²) in [7, 11) is 0. The molecule has 1 aromatic heterocycles. The number of H-pyrrole nitrogens is 1. The summed E-state index contributed by atoms with van der Waals surface area (Å²) >= 11 is 4.32. The first-order valence-corrected chi connectivity index (χ1v) is 29.1. The van der Waals surface area contributed by atoms with E-state index in [-0.39, 0.29) is 94.6 Å². The Kier molecular flexibility index (Phi) is 29.9. The Balaban J connectivity index is 1.93. The number of amides is 9. The molecule has 3 rings (SSSR count). The highest BCUT2D eigenvalue weighted by molar-refractivity contribution is 7.80. The van der Waals surface area contributed by atoms with Crippen LogP contribution in [0.4, 0.5) is 0 Å². The lowest BCUT2D eigenvalue weighted by Gasteiger charge is -2.30. The van der Waals surface area contributed by atoms with Crippen molar-refractivity contribution in [1.82, 2.24) is 68.8 Å². The van der Waals surface area contributed by atoms with Crippen LogP contribution in [0.1, 0.15) is 91.2 Å². The number of aliphatic hydroxyl groups excluding tert-OH is 1. The van der Waals surface area contributed by atoms with Crippen molar-refractivity contribution in [2.75, 3.05) is 25.4 Å². The zero-order valence-corrected chi connectivity index (χ0v) is 51.1. The van der Waals surface area contributed by atoms with Crippen LogP contribution in [0.5, 0.6) is 0 Å². The lowest BCUT2D eigenvalue weighted by atomic mass is 9.86. The van der Waals surface area contributed by atoms with Gasteiger partial charge in [-0.15, -0.1) is 0 Å². The number of carboxylic acid groups (broad SMARTS) is 1. The molecule has 0 bridgehead atoms. The third kappa shape index (κ3) is 25.4. The molecule has 0 unspecified atom stereocenters. The number of hydrogen-bond acceptors (Lipinski definition) is 15. The lowest BCUT2D eigenvalue weighted by molar-refractivity contribution is -0.145. The number of guanidine groups is 3. The molecule has 88 heavy (non-hydrogen) atoms. The minimum absolute atomic E-state index is 0.0504. The number of carbonyl (C=O) groups excluding carboxylic acids is 9. The van der Waals surface area contributed by atoms with Gasteiger partial charge in [-0.2, -0.15) is 12.6 Å². The van der Waals surface area contributed by atoms with Crippen LogP contribution in [-0.2, 0) is 60.8 Å². The van der Waals surface area contributed by atoms with Crippen LogP contribution in [0, 0.1) is 21.6 Å². The summed E-state index contributed by atoms with van der Waals surface area (Å²) < 4.78 is 0. The lowest BCUT2D eigenvalue weighted by Crippen LogP contribution is -2.62. The van der Waals surface area contributed by atoms with Gasteiger partial charge in [0.1, 0.15) is 54.4 Å². The number of aromatic amines is 1. The van der Waals surface area contributed by atoms with Crippen molar-refractivity contribution in [3.05, 3.63) is 71.9 Å². The van der Waals surface area contributed by atoms with E-state index in [0.717, 1.165) is 0 Å². The first kappa shape index (κ1) is 73.1. The van der Waals surface area contributed by atoms with Gasteiger partial charge in [0, 0.05) is 62.3 Å². The minimum atomic E-state index is -1.74. The standard InChI is InChI=1S/C56H87N19O12S/c1-29(44(78)74-42(30(2)76)51(85)70-38(21-14-24-65-55(61)62)47(81)75-43(52(86)87)56(4,5)6)67-50(84)41(28-88)73-49(83)40(26-33-27-66-35-18-11-10-17-34(33)35)72-48(82)39(25-32-15-8-7-9-16-32)71-46(80)37(20-13-23-64-54(59)60)69-45(79)36(68-31(3)77)19-12-22-63-53(57)58/h7-11,15-18,27,29-30,36-43,66,76,88H,12-14,19-26,28H2,1-6H3,(H,67,84)(H,68,77)(H,69,79)(H,70,85)(H,71,80)(H,72,82)(H,73,83)(H,74,78)(H,75,81)(H,86,87)(H4,57,58,63)(H4,59,60,64)(H4,61,62,65)/t29-,30+,36-,37-,38-,39-,40-,41-,42-,43+/m0/s1. The van der Waals surface area contributed by atoms with Crippen molar-refractivity contribution in [1.29, 1.82) is 16.2 Å². The molecule has 0 aliphatic carbocycles. The number of aliphatic hydroxyl groups is 1. The quantitative estimate of drug-likeness (QED) is 0.0117. The van der Waals surface area contributed by atoms with Gasteiger partial charge in [0.15, 0.2) is 17.9 Å². The van der Waals surface area contributed by atoms with E-state index in [0.29, 0.717) is 22.0 Å². The Bertz CT molecular complexity index is 2920. The molecule has 1 heterocycles. The predicted molar refractivity (Wildman–Crippen MR) is 331 cm³/mol. The SMILES string of the molecule is CC(=O)N[C@@H](CCCNC(=N)N)C(=O)N[C@@H](CCCNC(=N)N)C(=O)N[C@@H](Cc1ccccc1)C(=O)N[C@@H](Cc1c[nH]c2ccccc12)C(=O)N[C@@H](CS)C(=O)N[C@@H](C)C(=O)N[C@H](C(=O)N[C@@H](CCCNC(=N)N)C(=O)N[C@H](C(=O)O)C(C)(C)C)[C@@H](C)O. The zero-order chi connectivity index (χ0) is 65.8. The van der Waals surface area contributed by atoms with Crippen LogP contribution < -0.4 is 81.0 Å². The van der Waals surface area contributed by atoms with E-state index in [9.17, 15) is 58.2 Å². The summed E-state index contributed by atoms with van der Waals surface area (Å²) in [5, 5.41) is 74.6. The largest absolute Gasteiger partial charge is 0.480 e. The van der Waals surface area contributed by atoms with Gasteiger partial charge >= 0.3 is 5.97 Å². The number of nitrogens with one attached hydrogen (secondary N) is 16. The fourth-order valence-electron chi connectivity index (χ4n) is 8.93. The topological polar surface area (TPSA) is 521 Å². The third-order valence-corrected chi connectivity index (χ3v) is 14.0. The smallest absolute Gasteiger partial charge is 0.326 e. The molecular weight excluding hydrogens is 1160 g/mol. The van der Waals surface area contributed by atoms with Gasteiger partial charge in [-0.25, -0.2) is 4.79 Å². The number of aromatic nitrogens is 1. The van der Waals surface area contributed by atoms with Crippen LogP contribution in [0.25, 0.3) is 10.9 Å². The molecule has 31 nitrogen and oxygen atoms in total. The monoisotopic (exact) mass is 1250 g/mol. The maximum Gasteiger partial charge on any atom is 0.326 e. The molecule has 0 saturated carbocycles.